The molecule has 0 spiro atoms. The number of rotatable bonds is 7. The Balaban J connectivity index is 1.50. The molecule has 1 aromatic carbocycles. The van der Waals surface area contributed by atoms with E-state index >= 15 is 0 Å². The van der Waals surface area contributed by atoms with Gasteiger partial charge in [-0.2, -0.15) is 12.7 Å². The zero-order valence-electron chi connectivity index (χ0n) is 17.7. The maximum atomic E-state index is 14.8. The number of nitrogens with zero attached hydrogens (tertiary/aromatic N) is 1. The number of nitrogens with one attached hydrogen (secondary N) is 1. The van der Waals surface area contributed by atoms with Gasteiger partial charge in [0.1, 0.15) is 11.6 Å². The third kappa shape index (κ3) is 4.64. The first-order valence-corrected chi connectivity index (χ1v) is 12.4. The summed E-state index contributed by atoms with van der Waals surface area (Å²) in [6, 6.07) is 2.74. The first-order chi connectivity index (χ1) is 14.2. The Morgan fingerprint density at radius 2 is 1.90 bits per heavy atom. The molecule has 8 heteroatoms. The predicted molar refractivity (Wildman–Crippen MR) is 112 cm³/mol. The molecule has 0 unspecified atom stereocenters. The van der Waals surface area contributed by atoms with E-state index in [9.17, 15) is 17.6 Å². The standard InChI is InChI=1S/C22H31FN2O4S/c1-15-6-8-22(2,9-7-15)14-29-20-13-19(23)18(12-17(20)16-4-5-16)21(26)24-30(27,28)25-10-3-11-25/h12-13,15-16H,3-11,14H2,1-2H3,(H,24,26). The lowest BCUT2D eigenvalue weighted by molar-refractivity contribution is 0.0961. The number of halogens is 1. The van der Waals surface area contributed by atoms with Gasteiger partial charge >= 0.3 is 10.2 Å². The van der Waals surface area contributed by atoms with Gasteiger partial charge in [-0.3, -0.25) is 4.79 Å². The van der Waals surface area contributed by atoms with Crippen LogP contribution in [-0.4, -0.2) is 38.3 Å². The first kappa shape index (κ1) is 21.6. The van der Waals surface area contributed by atoms with Crippen molar-refractivity contribution in [3.63, 3.8) is 0 Å². The summed E-state index contributed by atoms with van der Waals surface area (Å²) in [6.45, 7) is 5.76. The smallest absolute Gasteiger partial charge is 0.304 e. The molecule has 1 heterocycles. The third-order valence-electron chi connectivity index (χ3n) is 6.80. The highest BCUT2D eigenvalue weighted by Crippen LogP contribution is 2.46. The number of amides is 1. The van der Waals surface area contributed by atoms with Gasteiger partial charge in [0, 0.05) is 24.6 Å². The molecule has 1 amide bonds. The molecular formula is C22H31FN2O4S. The average molecular weight is 439 g/mol. The molecule has 6 nitrogen and oxygen atoms in total. The van der Waals surface area contributed by atoms with Gasteiger partial charge in [-0.05, 0) is 55.6 Å². The average Bonchev–Trinajstić information content (AvgIpc) is 3.45. The Morgan fingerprint density at radius 1 is 1.23 bits per heavy atom. The summed E-state index contributed by atoms with van der Waals surface area (Å²) in [5.41, 5.74) is 0.632. The zero-order chi connectivity index (χ0) is 21.5. The highest BCUT2D eigenvalue weighted by atomic mass is 32.2. The van der Waals surface area contributed by atoms with Crippen molar-refractivity contribution >= 4 is 16.1 Å². The summed E-state index contributed by atoms with van der Waals surface area (Å²) in [5, 5.41) is 0. The molecule has 3 fully saturated rings. The number of carbonyl (C=O) groups excluding carboxylic acids is 1. The van der Waals surface area contributed by atoms with Crippen molar-refractivity contribution in [2.75, 3.05) is 19.7 Å². The number of ether oxygens (including phenoxy) is 1. The fourth-order valence-corrected chi connectivity index (χ4v) is 5.42. The van der Waals surface area contributed by atoms with Crippen molar-refractivity contribution in [3.05, 3.63) is 29.1 Å². The fraction of sp³-hybridized carbons (Fsp3) is 0.682. The van der Waals surface area contributed by atoms with Crippen LogP contribution in [0.1, 0.15) is 80.6 Å². The van der Waals surface area contributed by atoms with Crippen molar-refractivity contribution in [3.8, 4) is 5.75 Å². The third-order valence-corrected chi connectivity index (χ3v) is 8.28. The maximum Gasteiger partial charge on any atom is 0.304 e. The molecule has 2 aliphatic carbocycles. The Morgan fingerprint density at radius 3 is 2.47 bits per heavy atom. The van der Waals surface area contributed by atoms with E-state index in [-0.39, 0.29) is 16.9 Å². The highest BCUT2D eigenvalue weighted by molar-refractivity contribution is 7.87. The quantitative estimate of drug-likeness (QED) is 0.699. The Labute approximate surface area is 178 Å². The SMILES string of the molecule is CC1CCC(C)(COc2cc(F)c(C(=O)NS(=O)(=O)N3CCC3)cc2C2CC2)CC1. The van der Waals surface area contributed by atoms with Crippen LogP contribution in [0.2, 0.25) is 0 Å². The molecule has 4 rings (SSSR count). The molecule has 0 aromatic heterocycles. The molecule has 3 aliphatic rings. The number of benzene rings is 1. The van der Waals surface area contributed by atoms with Gasteiger partial charge in [-0.1, -0.05) is 26.7 Å². The van der Waals surface area contributed by atoms with Crippen LogP contribution in [0.4, 0.5) is 4.39 Å². The lowest BCUT2D eigenvalue weighted by Gasteiger charge is -2.36. The topological polar surface area (TPSA) is 75.7 Å². The Hall–Kier alpha value is -1.67. The van der Waals surface area contributed by atoms with Gasteiger partial charge in [0.15, 0.2) is 0 Å². The molecule has 0 atom stereocenters. The van der Waals surface area contributed by atoms with Crippen LogP contribution in [-0.2, 0) is 10.2 Å². The monoisotopic (exact) mass is 438 g/mol. The summed E-state index contributed by atoms with van der Waals surface area (Å²) in [5.74, 6) is -0.229. The Bertz CT molecular complexity index is 917. The summed E-state index contributed by atoms with van der Waals surface area (Å²) in [7, 11) is -3.92. The van der Waals surface area contributed by atoms with Crippen molar-refractivity contribution in [2.24, 2.45) is 11.3 Å². The van der Waals surface area contributed by atoms with E-state index in [0.29, 0.717) is 25.4 Å². The van der Waals surface area contributed by atoms with Crippen LogP contribution in [0.25, 0.3) is 0 Å². The summed E-state index contributed by atoms with van der Waals surface area (Å²) < 4.78 is 48.4. The minimum absolute atomic E-state index is 0.0746. The van der Waals surface area contributed by atoms with Crippen LogP contribution < -0.4 is 9.46 Å². The second kappa shape index (κ2) is 8.11. The molecule has 0 radical (unpaired) electrons. The summed E-state index contributed by atoms with van der Waals surface area (Å²) >= 11 is 0. The molecule has 166 valence electrons. The molecule has 1 N–H and O–H groups in total. The van der Waals surface area contributed by atoms with Gasteiger partial charge in [0.2, 0.25) is 0 Å². The molecule has 1 aliphatic heterocycles. The summed E-state index contributed by atoms with van der Waals surface area (Å²) in [4.78, 5) is 12.5. The normalized spacial score (nSPS) is 27.4. The van der Waals surface area contributed by atoms with Crippen LogP contribution in [0.5, 0.6) is 5.75 Å². The van der Waals surface area contributed by atoms with E-state index < -0.39 is 21.9 Å². The van der Waals surface area contributed by atoms with Crippen LogP contribution in [0.15, 0.2) is 12.1 Å². The number of hydrogen-bond acceptors (Lipinski definition) is 4. The Kier molecular flexibility index (Phi) is 5.83. The summed E-state index contributed by atoms with van der Waals surface area (Å²) in [6.07, 6.45) is 7.21. The molecule has 0 bridgehead atoms. The minimum atomic E-state index is -3.92. The van der Waals surface area contributed by atoms with Gasteiger partial charge in [-0.15, -0.1) is 0 Å². The van der Waals surface area contributed by atoms with Crippen LogP contribution in [0.3, 0.4) is 0 Å². The molecule has 1 aromatic rings. The van der Waals surface area contributed by atoms with Crippen molar-refractivity contribution in [1.82, 2.24) is 9.03 Å². The van der Waals surface area contributed by atoms with Crippen LogP contribution in [0, 0.1) is 17.2 Å². The van der Waals surface area contributed by atoms with Gasteiger partial charge in [0.05, 0.1) is 12.2 Å². The van der Waals surface area contributed by atoms with Gasteiger partial charge in [0.25, 0.3) is 5.91 Å². The first-order valence-electron chi connectivity index (χ1n) is 11.0. The van der Waals surface area contributed by atoms with Crippen molar-refractivity contribution in [1.29, 1.82) is 0 Å². The van der Waals surface area contributed by atoms with Crippen LogP contribution >= 0.6 is 0 Å². The van der Waals surface area contributed by atoms with Gasteiger partial charge < -0.3 is 4.74 Å². The lowest BCUT2D eigenvalue weighted by atomic mass is 9.73. The minimum Gasteiger partial charge on any atom is -0.493 e. The highest BCUT2D eigenvalue weighted by Gasteiger charge is 2.34. The fourth-order valence-electron chi connectivity index (χ4n) is 4.20. The number of hydrogen-bond donors (Lipinski definition) is 1. The van der Waals surface area contributed by atoms with Crippen molar-refractivity contribution in [2.45, 2.75) is 64.7 Å². The van der Waals surface area contributed by atoms with Crippen molar-refractivity contribution < 1.29 is 22.3 Å². The number of carbonyl (C=O) groups is 1. The molecular weight excluding hydrogens is 407 g/mol. The van der Waals surface area contributed by atoms with E-state index in [2.05, 4.69) is 13.8 Å². The van der Waals surface area contributed by atoms with E-state index in [1.807, 2.05) is 4.72 Å². The largest absolute Gasteiger partial charge is 0.493 e. The predicted octanol–water partition coefficient (Wildman–Crippen LogP) is 3.98. The van der Waals surface area contributed by atoms with E-state index in [4.69, 9.17) is 4.74 Å². The second-order valence-electron chi connectivity index (χ2n) is 9.61. The molecule has 2 saturated carbocycles. The van der Waals surface area contributed by atoms with E-state index in [1.54, 1.807) is 0 Å². The lowest BCUT2D eigenvalue weighted by Crippen LogP contribution is -2.49. The van der Waals surface area contributed by atoms with Gasteiger partial charge in [-0.25, -0.2) is 9.11 Å². The second-order valence-corrected chi connectivity index (χ2v) is 11.3. The van der Waals surface area contributed by atoms with E-state index in [0.717, 1.165) is 43.6 Å². The van der Waals surface area contributed by atoms with E-state index in [1.165, 1.54) is 29.3 Å². The molecule has 30 heavy (non-hydrogen) atoms. The maximum absolute atomic E-state index is 14.8. The zero-order valence-corrected chi connectivity index (χ0v) is 18.6. The molecule has 1 saturated heterocycles.